The molecule has 1 atom stereocenters. The summed E-state index contributed by atoms with van der Waals surface area (Å²) in [5, 5.41) is 5.26. The monoisotopic (exact) mass is 400 g/mol. The number of carbonyl (C=O) groups excluding carboxylic acids is 3. The van der Waals surface area contributed by atoms with E-state index in [9.17, 15) is 18.8 Å². The van der Waals surface area contributed by atoms with E-state index in [-0.39, 0.29) is 11.5 Å². The van der Waals surface area contributed by atoms with Crippen LogP contribution in [0, 0.1) is 11.7 Å². The summed E-state index contributed by atoms with van der Waals surface area (Å²) in [6, 6.07) is 13.7. The lowest BCUT2D eigenvalue weighted by atomic mass is 10.0. The second-order valence-corrected chi connectivity index (χ2v) is 6.90. The van der Waals surface area contributed by atoms with Crippen molar-refractivity contribution in [2.75, 3.05) is 13.2 Å². The first-order chi connectivity index (χ1) is 13.9. The summed E-state index contributed by atoms with van der Waals surface area (Å²) in [6.07, 6.45) is 0.670. The Bertz CT molecular complexity index is 822. The standard InChI is InChI=1S/C22H25FN2O4/c1-15(2)20(25-21(27)17-8-10-18(23)11-9-17)22(28)29-14-19(26)24-13-12-16-6-4-3-5-7-16/h3-11,15,20H,12-14H2,1-2H3,(H,24,26)(H,25,27)/t20-/m0/s1. The summed E-state index contributed by atoms with van der Waals surface area (Å²) in [4.78, 5) is 36.5. The molecule has 2 aromatic rings. The van der Waals surface area contributed by atoms with Crippen molar-refractivity contribution in [3.05, 3.63) is 71.5 Å². The van der Waals surface area contributed by atoms with Gasteiger partial charge in [-0.15, -0.1) is 0 Å². The van der Waals surface area contributed by atoms with E-state index in [0.29, 0.717) is 13.0 Å². The molecule has 0 unspecified atom stereocenters. The maximum Gasteiger partial charge on any atom is 0.329 e. The van der Waals surface area contributed by atoms with Crippen molar-refractivity contribution >= 4 is 17.8 Å². The molecule has 0 aliphatic carbocycles. The van der Waals surface area contributed by atoms with Crippen LogP contribution < -0.4 is 10.6 Å². The predicted octanol–water partition coefficient (Wildman–Crippen LogP) is 2.48. The van der Waals surface area contributed by atoms with Crippen LogP contribution in [0.3, 0.4) is 0 Å². The van der Waals surface area contributed by atoms with Crippen LogP contribution in [-0.4, -0.2) is 37.0 Å². The van der Waals surface area contributed by atoms with Crippen molar-refractivity contribution in [3.63, 3.8) is 0 Å². The van der Waals surface area contributed by atoms with E-state index in [1.807, 2.05) is 30.3 Å². The molecule has 0 radical (unpaired) electrons. The topological polar surface area (TPSA) is 84.5 Å². The molecule has 0 heterocycles. The zero-order chi connectivity index (χ0) is 21.2. The lowest BCUT2D eigenvalue weighted by molar-refractivity contribution is -0.151. The Balaban J connectivity index is 1.80. The number of hydrogen-bond donors (Lipinski definition) is 2. The highest BCUT2D eigenvalue weighted by atomic mass is 19.1. The highest BCUT2D eigenvalue weighted by Crippen LogP contribution is 2.08. The summed E-state index contributed by atoms with van der Waals surface area (Å²) >= 11 is 0. The fraction of sp³-hybridized carbons (Fsp3) is 0.318. The van der Waals surface area contributed by atoms with Crippen LogP contribution in [0.4, 0.5) is 4.39 Å². The number of ether oxygens (including phenoxy) is 1. The van der Waals surface area contributed by atoms with E-state index >= 15 is 0 Å². The van der Waals surface area contributed by atoms with Crippen LogP contribution in [0.25, 0.3) is 0 Å². The lowest BCUT2D eigenvalue weighted by Gasteiger charge is -2.20. The number of hydrogen-bond acceptors (Lipinski definition) is 4. The molecular formula is C22H25FN2O4. The number of nitrogens with one attached hydrogen (secondary N) is 2. The molecule has 7 heteroatoms. The van der Waals surface area contributed by atoms with Crippen molar-refractivity contribution < 1.29 is 23.5 Å². The van der Waals surface area contributed by atoms with Gasteiger partial charge in [-0.2, -0.15) is 0 Å². The maximum atomic E-state index is 13.0. The fourth-order valence-corrected chi connectivity index (χ4v) is 2.59. The minimum absolute atomic E-state index is 0.225. The Kier molecular flexibility index (Phi) is 8.33. The van der Waals surface area contributed by atoms with E-state index in [2.05, 4.69) is 10.6 Å². The molecule has 0 fully saturated rings. The van der Waals surface area contributed by atoms with E-state index in [1.165, 1.54) is 12.1 Å². The molecule has 6 nitrogen and oxygen atoms in total. The van der Waals surface area contributed by atoms with Crippen LogP contribution in [-0.2, 0) is 20.7 Å². The van der Waals surface area contributed by atoms with Crippen molar-refractivity contribution in [1.29, 1.82) is 0 Å². The molecular weight excluding hydrogens is 375 g/mol. The van der Waals surface area contributed by atoms with Gasteiger partial charge >= 0.3 is 5.97 Å². The van der Waals surface area contributed by atoms with Crippen LogP contribution >= 0.6 is 0 Å². The highest BCUT2D eigenvalue weighted by molar-refractivity contribution is 5.97. The van der Waals surface area contributed by atoms with Gasteiger partial charge in [-0.05, 0) is 42.2 Å². The van der Waals surface area contributed by atoms with Gasteiger partial charge in [-0.3, -0.25) is 9.59 Å². The van der Waals surface area contributed by atoms with Gasteiger partial charge in [0.15, 0.2) is 6.61 Å². The zero-order valence-corrected chi connectivity index (χ0v) is 16.5. The molecule has 154 valence electrons. The molecule has 0 spiro atoms. The molecule has 2 rings (SSSR count). The average Bonchev–Trinajstić information content (AvgIpc) is 2.71. The summed E-state index contributed by atoms with van der Waals surface area (Å²) in [6.45, 7) is 3.49. The van der Waals surface area contributed by atoms with Gasteiger partial charge in [0, 0.05) is 12.1 Å². The third-order valence-electron chi connectivity index (χ3n) is 4.24. The van der Waals surface area contributed by atoms with Crippen molar-refractivity contribution in [3.8, 4) is 0 Å². The van der Waals surface area contributed by atoms with Crippen LogP contribution in [0.5, 0.6) is 0 Å². The van der Waals surface area contributed by atoms with Crippen LogP contribution in [0.1, 0.15) is 29.8 Å². The Labute approximate surface area is 169 Å². The van der Waals surface area contributed by atoms with Gasteiger partial charge in [0.2, 0.25) is 0 Å². The SMILES string of the molecule is CC(C)[C@H](NC(=O)c1ccc(F)cc1)C(=O)OCC(=O)NCCc1ccccc1. The molecule has 2 aromatic carbocycles. The zero-order valence-electron chi connectivity index (χ0n) is 16.5. The smallest absolute Gasteiger partial charge is 0.329 e. The first kappa shape index (κ1) is 22.1. The van der Waals surface area contributed by atoms with Gasteiger partial charge in [-0.25, -0.2) is 9.18 Å². The Morgan fingerprint density at radius 2 is 1.66 bits per heavy atom. The number of amides is 2. The highest BCUT2D eigenvalue weighted by Gasteiger charge is 2.26. The number of rotatable bonds is 9. The van der Waals surface area contributed by atoms with Gasteiger partial charge in [-0.1, -0.05) is 44.2 Å². The summed E-state index contributed by atoms with van der Waals surface area (Å²) in [7, 11) is 0. The maximum absolute atomic E-state index is 13.0. The third-order valence-corrected chi connectivity index (χ3v) is 4.24. The van der Waals surface area contributed by atoms with Crippen LogP contribution in [0.15, 0.2) is 54.6 Å². The average molecular weight is 400 g/mol. The third kappa shape index (κ3) is 7.37. The summed E-state index contributed by atoms with van der Waals surface area (Å²) < 4.78 is 18.0. The van der Waals surface area contributed by atoms with Gasteiger partial charge in [0.05, 0.1) is 0 Å². The Hall–Kier alpha value is -3.22. The van der Waals surface area contributed by atoms with E-state index in [1.54, 1.807) is 13.8 Å². The van der Waals surface area contributed by atoms with Crippen molar-refractivity contribution in [1.82, 2.24) is 10.6 Å². The molecule has 0 saturated heterocycles. The molecule has 0 saturated carbocycles. The van der Waals surface area contributed by atoms with Crippen molar-refractivity contribution in [2.24, 2.45) is 5.92 Å². The quantitative estimate of drug-likeness (QED) is 0.634. The van der Waals surface area contributed by atoms with Gasteiger partial charge in [0.25, 0.3) is 11.8 Å². The molecule has 2 N–H and O–H groups in total. The van der Waals surface area contributed by atoms with Crippen LogP contribution in [0.2, 0.25) is 0 Å². The first-order valence-corrected chi connectivity index (χ1v) is 9.40. The van der Waals surface area contributed by atoms with Gasteiger partial charge < -0.3 is 15.4 Å². The Morgan fingerprint density at radius 3 is 2.28 bits per heavy atom. The van der Waals surface area contributed by atoms with Gasteiger partial charge in [0.1, 0.15) is 11.9 Å². The molecule has 0 bridgehead atoms. The minimum atomic E-state index is -0.926. The second kappa shape index (κ2) is 10.9. The first-order valence-electron chi connectivity index (χ1n) is 9.40. The normalized spacial score (nSPS) is 11.6. The predicted molar refractivity (Wildman–Crippen MR) is 107 cm³/mol. The molecule has 29 heavy (non-hydrogen) atoms. The summed E-state index contributed by atoms with van der Waals surface area (Å²) in [5.41, 5.74) is 1.32. The minimum Gasteiger partial charge on any atom is -0.454 e. The number of halogens is 1. The van der Waals surface area contributed by atoms with E-state index in [0.717, 1.165) is 17.7 Å². The molecule has 0 aromatic heterocycles. The van der Waals surface area contributed by atoms with E-state index in [4.69, 9.17) is 4.74 Å². The number of esters is 1. The molecule has 0 aliphatic heterocycles. The second-order valence-electron chi connectivity index (χ2n) is 6.90. The Morgan fingerprint density at radius 1 is 1.00 bits per heavy atom. The molecule has 2 amide bonds. The fourth-order valence-electron chi connectivity index (χ4n) is 2.59. The number of benzene rings is 2. The lowest BCUT2D eigenvalue weighted by Crippen LogP contribution is -2.46. The largest absolute Gasteiger partial charge is 0.454 e. The number of carbonyl (C=O) groups is 3. The van der Waals surface area contributed by atoms with Crippen molar-refractivity contribution in [2.45, 2.75) is 26.3 Å². The van der Waals surface area contributed by atoms with E-state index < -0.39 is 36.2 Å². The summed E-state index contributed by atoms with van der Waals surface area (Å²) in [5.74, 6) is -2.35. The molecule has 0 aliphatic rings.